The highest BCUT2D eigenvalue weighted by Gasteiger charge is 2.15. The SMILES string of the molecule is C[Si](C)(C)CCOCn1nc(-c2ccncc2)nc1NCCC(O)c1ccc(Cl)c(F)c1. The van der Waals surface area contributed by atoms with E-state index in [4.69, 9.17) is 16.3 Å². The van der Waals surface area contributed by atoms with Gasteiger partial charge in [0.2, 0.25) is 5.95 Å². The summed E-state index contributed by atoms with van der Waals surface area (Å²) >= 11 is 5.72. The van der Waals surface area contributed by atoms with Crippen LogP contribution in [-0.2, 0) is 11.5 Å². The molecule has 0 spiro atoms. The van der Waals surface area contributed by atoms with Crippen LogP contribution in [0.3, 0.4) is 0 Å². The van der Waals surface area contributed by atoms with Gasteiger partial charge in [0.1, 0.15) is 12.5 Å². The normalized spacial score (nSPS) is 12.7. The van der Waals surface area contributed by atoms with Crippen LogP contribution in [0.4, 0.5) is 10.3 Å². The van der Waals surface area contributed by atoms with E-state index >= 15 is 0 Å². The summed E-state index contributed by atoms with van der Waals surface area (Å²) in [5, 5.41) is 18.2. The third-order valence-corrected chi connectivity index (χ3v) is 6.86. The van der Waals surface area contributed by atoms with Gasteiger partial charge in [-0.1, -0.05) is 37.3 Å². The third-order valence-electron chi connectivity index (χ3n) is 4.85. The van der Waals surface area contributed by atoms with Crippen molar-refractivity contribution < 1.29 is 14.2 Å². The van der Waals surface area contributed by atoms with E-state index in [1.54, 1.807) is 23.1 Å². The fraction of sp³-hybridized carbons (Fsp3) is 0.409. The Balaban J connectivity index is 1.65. The topological polar surface area (TPSA) is 85.1 Å². The molecule has 1 aromatic carbocycles. The van der Waals surface area contributed by atoms with Gasteiger partial charge in [-0.15, -0.1) is 5.10 Å². The first kappa shape index (κ1) is 24.3. The molecule has 3 rings (SSSR count). The maximum atomic E-state index is 13.7. The van der Waals surface area contributed by atoms with E-state index in [0.29, 0.717) is 36.9 Å². The van der Waals surface area contributed by atoms with Crippen molar-refractivity contribution in [1.82, 2.24) is 19.7 Å². The molecule has 1 atom stereocenters. The van der Waals surface area contributed by atoms with Crippen LogP contribution in [0.15, 0.2) is 42.7 Å². The van der Waals surface area contributed by atoms with E-state index in [9.17, 15) is 9.50 Å². The van der Waals surface area contributed by atoms with Crippen LogP contribution in [0.5, 0.6) is 0 Å². The minimum Gasteiger partial charge on any atom is -0.388 e. The number of halogens is 2. The zero-order valence-electron chi connectivity index (χ0n) is 18.6. The number of ether oxygens (including phenoxy) is 1. The number of nitrogens with one attached hydrogen (secondary N) is 1. The van der Waals surface area contributed by atoms with E-state index in [2.05, 4.69) is 40.0 Å². The van der Waals surface area contributed by atoms with Gasteiger partial charge in [0.25, 0.3) is 0 Å². The summed E-state index contributed by atoms with van der Waals surface area (Å²) < 4.78 is 21.2. The second kappa shape index (κ2) is 11.0. The fourth-order valence-corrected chi connectivity index (χ4v) is 3.80. The van der Waals surface area contributed by atoms with Gasteiger partial charge in [-0.2, -0.15) is 4.98 Å². The molecule has 0 saturated heterocycles. The molecule has 0 aliphatic carbocycles. The number of nitrogens with zero attached hydrogens (tertiary/aromatic N) is 4. The minimum absolute atomic E-state index is 0.0324. The molecule has 3 aromatic rings. The molecule has 2 aromatic heterocycles. The molecule has 0 amide bonds. The quantitative estimate of drug-likeness (QED) is 0.299. The van der Waals surface area contributed by atoms with Crippen molar-refractivity contribution in [3.05, 3.63) is 59.1 Å². The summed E-state index contributed by atoms with van der Waals surface area (Å²) in [4.78, 5) is 8.62. The first-order chi connectivity index (χ1) is 15.2. The van der Waals surface area contributed by atoms with Crippen molar-refractivity contribution in [2.75, 3.05) is 18.5 Å². The van der Waals surface area contributed by atoms with Gasteiger partial charge in [0.15, 0.2) is 5.82 Å². The first-order valence-electron chi connectivity index (χ1n) is 10.5. The van der Waals surface area contributed by atoms with Crippen molar-refractivity contribution in [1.29, 1.82) is 0 Å². The average Bonchev–Trinajstić information content (AvgIpc) is 3.16. The molecule has 0 bridgehead atoms. The first-order valence-corrected chi connectivity index (χ1v) is 14.6. The number of aromatic nitrogens is 4. The largest absolute Gasteiger partial charge is 0.388 e. The van der Waals surface area contributed by atoms with Gasteiger partial charge in [-0.3, -0.25) is 4.98 Å². The molecule has 1 unspecified atom stereocenters. The Morgan fingerprint density at radius 1 is 1.22 bits per heavy atom. The highest BCUT2D eigenvalue weighted by atomic mass is 35.5. The van der Waals surface area contributed by atoms with Gasteiger partial charge in [-0.25, -0.2) is 9.07 Å². The zero-order valence-corrected chi connectivity index (χ0v) is 20.3. The number of aliphatic hydroxyl groups is 1. The predicted octanol–water partition coefficient (Wildman–Crippen LogP) is 4.98. The summed E-state index contributed by atoms with van der Waals surface area (Å²) in [6.07, 6.45) is 2.90. The summed E-state index contributed by atoms with van der Waals surface area (Å²) in [5.41, 5.74) is 1.32. The van der Waals surface area contributed by atoms with Gasteiger partial charge in [0.05, 0.1) is 11.1 Å². The number of aliphatic hydroxyl groups excluding tert-OH is 1. The summed E-state index contributed by atoms with van der Waals surface area (Å²) in [5.74, 6) is 0.552. The standard InChI is InChI=1S/C22H29ClFN5O2Si/c1-32(2,3)13-12-31-15-29-22(27-21(28-29)16-6-9-25-10-7-16)26-11-8-20(30)17-4-5-18(23)19(24)14-17/h4-7,9-10,14,20,30H,8,11-13,15H2,1-3H3,(H,26,27,28). The molecule has 0 radical (unpaired) electrons. The molecular weight excluding hydrogens is 449 g/mol. The van der Waals surface area contributed by atoms with Gasteiger partial charge < -0.3 is 15.2 Å². The third kappa shape index (κ3) is 7.09. The van der Waals surface area contributed by atoms with Crippen molar-refractivity contribution in [3.63, 3.8) is 0 Å². The Hall–Kier alpha value is -2.33. The van der Waals surface area contributed by atoms with Crippen molar-refractivity contribution >= 4 is 25.6 Å². The van der Waals surface area contributed by atoms with E-state index in [1.807, 2.05) is 12.1 Å². The van der Waals surface area contributed by atoms with Gasteiger partial charge in [-0.05, 0) is 42.3 Å². The summed E-state index contributed by atoms with van der Waals surface area (Å²) in [6, 6.07) is 9.06. The van der Waals surface area contributed by atoms with Crippen molar-refractivity contribution in [2.45, 2.75) is 44.9 Å². The smallest absolute Gasteiger partial charge is 0.223 e. The molecule has 0 aliphatic heterocycles. The van der Waals surface area contributed by atoms with Crippen LogP contribution in [0.2, 0.25) is 30.7 Å². The number of benzene rings is 1. The van der Waals surface area contributed by atoms with E-state index < -0.39 is 20.0 Å². The lowest BCUT2D eigenvalue weighted by Gasteiger charge is -2.16. The molecule has 32 heavy (non-hydrogen) atoms. The fourth-order valence-electron chi connectivity index (χ4n) is 2.92. The van der Waals surface area contributed by atoms with Crippen LogP contribution in [0.1, 0.15) is 18.1 Å². The Morgan fingerprint density at radius 2 is 1.97 bits per heavy atom. The zero-order chi connectivity index (χ0) is 23.1. The number of pyridine rings is 1. The number of rotatable bonds is 11. The van der Waals surface area contributed by atoms with Gasteiger partial charge in [0, 0.05) is 39.2 Å². The Kier molecular flexibility index (Phi) is 8.36. The summed E-state index contributed by atoms with van der Waals surface area (Å²) in [6.45, 7) is 8.26. The molecular formula is C22H29ClFN5O2Si. The average molecular weight is 478 g/mol. The highest BCUT2D eigenvalue weighted by molar-refractivity contribution is 6.76. The molecule has 10 heteroatoms. The van der Waals surface area contributed by atoms with Crippen LogP contribution >= 0.6 is 11.6 Å². The number of hydrogen-bond donors (Lipinski definition) is 2. The maximum absolute atomic E-state index is 13.7. The molecule has 0 aliphatic rings. The van der Waals surface area contributed by atoms with E-state index in [1.165, 1.54) is 12.1 Å². The van der Waals surface area contributed by atoms with Crippen molar-refractivity contribution in [2.24, 2.45) is 0 Å². The van der Waals surface area contributed by atoms with Crippen LogP contribution < -0.4 is 5.32 Å². The molecule has 0 saturated carbocycles. The van der Waals surface area contributed by atoms with Crippen LogP contribution in [0, 0.1) is 5.82 Å². The highest BCUT2D eigenvalue weighted by Crippen LogP contribution is 2.23. The molecule has 7 nitrogen and oxygen atoms in total. The van der Waals surface area contributed by atoms with E-state index in [-0.39, 0.29) is 11.8 Å². The molecule has 172 valence electrons. The van der Waals surface area contributed by atoms with E-state index in [0.717, 1.165) is 11.6 Å². The lowest BCUT2D eigenvalue weighted by molar-refractivity contribution is 0.0799. The minimum atomic E-state index is -1.19. The Morgan fingerprint density at radius 3 is 2.66 bits per heavy atom. The second-order valence-corrected chi connectivity index (χ2v) is 14.8. The lowest BCUT2D eigenvalue weighted by atomic mass is 10.1. The predicted molar refractivity (Wildman–Crippen MR) is 127 cm³/mol. The monoisotopic (exact) mass is 477 g/mol. The number of hydrogen-bond acceptors (Lipinski definition) is 6. The van der Waals surface area contributed by atoms with Crippen LogP contribution in [-0.4, -0.2) is 46.1 Å². The Labute approximate surface area is 193 Å². The number of anilines is 1. The molecule has 2 N–H and O–H groups in total. The summed E-state index contributed by atoms with van der Waals surface area (Å²) in [7, 11) is -1.19. The van der Waals surface area contributed by atoms with Crippen molar-refractivity contribution in [3.8, 4) is 11.4 Å². The second-order valence-electron chi connectivity index (χ2n) is 8.75. The Bertz CT molecular complexity index is 1010. The maximum Gasteiger partial charge on any atom is 0.223 e. The van der Waals surface area contributed by atoms with Crippen LogP contribution in [0.25, 0.3) is 11.4 Å². The molecule has 2 heterocycles. The van der Waals surface area contributed by atoms with Gasteiger partial charge >= 0.3 is 0 Å². The lowest BCUT2D eigenvalue weighted by Crippen LogP contribution is -2.22. The molecule has 0 fully saturated rings.